The summed E-state index contributed by atoms with van der Waals surface area (Å²) in [6.45, 7) is 11.2. The number of phenolic OH excluding ortho intramolecular Hbond substituents is 1. The van der Waals surface area contributed by atoms with E-state index in [-0.39, 0.29) is 0 Å². The molecular formula is C20H28O. The number of phenols is 1. The van der Waals surface area contributed by atoms with E-state index in [9.17, 15) is 0 Å². The summed E-state index contributed by atoms with van der Waals surface area (Å²) in [7, 11) is 0. The van der Waals surface area contributed by atoms with Gasteiger partial charge < -0.3 is 5.11 Å². The molecule has 0 amide bonds. The normalized spacial score (nSPS) is 9.95. The number of hydrogen-bond donors (Lipinski definition) is 1. The van der Waals surface area contributed by atoms with E-state index in [4.69, 9.17) is 5.11 Å². The number of benzene rings is 2. The van der Waals surface area contributed by atoms with Gasteiger partial charge >= 0.3 is 0 Å². The fraction of sp³-hybridized carbons (Fsp3) is 0.400. The van der Waals surface area contributed by atoms with Crippen LogP contribution in [0.3, 0.4) is 0 Å². The molecule has 0 unspecified atom stereocenters. The molecule has 114 valence electrons. The van der Waals surface area contributed by atoms with Gasteiger partial charge in [0.2, 0.25) is 0 Å². The number of rotatable bonds is 3. The van der Waals surface area contributed by atoms with Gasteiger partial charge in [0.15, 0.2) is 0 Å². The van der Waals surface area contributed by atoms with Crippen LogP contribution in [0.15, 0.2) is 36.4 Å². The largest absolute Gasteiger partial charge is 0.508 e. The molecule has 0 saturated carbocycles. The highest BCUT2D eigenvalue weighted by Crippen LogP contribution is 2.22. The fourth-order valence-corrected chi connectivity index (χ4v) is 2.35. The van der Waals surface area contributed by atoms with E-state index >= 15 is 0 Å². The Morgan fingerprint density at radius 3 is 1.95 bits per heavy atom. The van der Waals surface area contributed by atoms with Crippen molar-refractivity contribution in [2.45, 2.75) is 53.9 Å². The van der Waals surface area contributed by atoms with Gasteiger partial charge in [-0.2, -0.15) is 0 Å². The lowest BCUT2D eigenvalue weighted by atomic mass is 9.92. The predicted octanol–water partition coefficient (Wildman–Crippen LogP) is 5.66. The highest BCUT2D eigenvalue weighted by atomic mass is 16.3. The van der Waals surface area contributed by atoms with Crippen molar-refractivity contribution in [3.8, 4) is 5.75 Å². The maximum absolute atomic E-state index is 8.63. The summed E-state index contributed by atoms with van der Waals surface area (Å²) in [5.74, 6) is 0.322. The molecule has 0 aliphatic heterocycles. The molecule has 1 heteroatoms. The van der Waals surface area contributed by atoms with Gasteiger partial charge in [0.1, 0.15) is 5.75 Å². The predicted molar refractivity (Wildman–Crippen MR) is 92.1 cm³/mol. The second-order valence-electron chi connectivity index (χ2n) is 5.67. The van der Waals surface area contributed by atoms with Gasteiger partial charge in [-0.3, -0.25) is 0 Å². The minimum absolute atomic E-state index is 0.322. The topological polar surface area (TPSA) is 20.2 Å². The van der Waals surface area contributed by atoms with Crippen molar-refractivity contribution in [2.24, 2.45) is 0 Å². The van der Waals surface area contributed by atoms with Crippen LogP contribution >= 0.6 is 0 Å². The molecule has 2 aromatic rings. The molecule has 1 nitrogen and oxygen atoms in total. The van der Waals surface area contributed by atoms with Gasteiger partial charge in [-0.05, 0) is 80.5 Å². The molecule has 2 aromatic carbocycles. The minimum Gasteiger partial charge on any atom is -0.508 e. The molecule has 0 bridgehead atoms. The van der Waals surface area contributed by atoms with E-state index in [1.807, 2.05) is 6.07 Å². The third-order valence-electron chi connectivity index (χ3n) is 4.14. The van der Waals surface area contributed by atoms with Crippen LogP contribution in [0.1, 0.15) is 47.6 Å². The molecule has 0 aromatic heterocycles. The van der Waals surface area contributed by atoms with Crippen LogP contribution in [-0.2, 0) is 6.42 Å². The van der Waals surface area contributed by atoms with E-state index in [2.05, 4.69) is 40.7 Å². The van der Waals surface area contributed by atoms with Crippen LogP contribution in [0, 0.1) is 27.7 Å². The van der Waals surface area contributed by atoms with Crippen LogP contribution in [0.4, 0.5) is 0 Å². The first-order valence-electron chi connectivity index (χ1n) is 7.77. The molecule has 0 fully saturated rings. The van der Waals surface area contributed by atoms with Crippen molar-refractivity contribution in [1.82, 2.24) is 0 Å². The molecule has 0 spiro atoms. The lowest BCUT2D eigenvalue weighted by molar-refractivity contribution is 0.475. The van der Waals surface area contributed by atoms with Crippen LogP contribution < -0.4 is 0 Å². The molecule has 0 saturated heterocycles. The highest BCUT2D eigenvalue weighted by Gasteiger charge is 2.06. The summed E-state index contributed by atoms with van der Waals surface area (Å²) < 4.78 is 0. The summed E-state index contributed by atoms with van der Waals surface area (Å²) in [5.41, 5.74) is 7.44. The first kappa shape index (κ1) is 17.3. The van der Waals surface area contributed by atoms with E-state index in [1.165, 1.54) is 41.5 Å². The van der Waals surface area contributed by atoms with Gasteiger partial charge in [-0.25, -0.2) is 0 Å². The number of aromatic hydroxyl groups is 1. The summed E-state index contributed by atoms with van der Waals surface area (Å²) in [5, 5.41) is 8.63. The Kier molecular flexibility index (Phi) is 7.01. The number of unbranched alkanes of at least 4 members (excludes halogenated alkanes) is 1. The molecule has 0 aliphatic carbocycles. The smallest absolute Gasteiger partial charge is 0.115 e. The Bertz CT molecular complexity index is 556. The molecule has 0 heterocycles. The van der Waals surface area contributed by atoms with Gasteiger partial charge in [-0.1, -0.05) is 37.6 Å². The van der Waals surface area contributed by atoms with Crippen LogP contribution in [0.25, 0.3) is 0 Å². The number of para-hydroxylation sites is 1. The fourth-order valence-electron chi connectivity index (χ4n) is 2.35. The Morgan fingerprint density at radius 2 is 1.48 bits per heavy atom. The standard InChI is InChI=1S/C14H22.C6H6O/c1-6-7-8-14-9-10(2)11(3)12(4)13(14)5;7-6-4-2-1-3-5-6/h9H,6-8H2,1-5H3;1-5,7H. The van der Waals surface area contributed by atoms with Crippen LogP contribution in [-0.4, -0.2) is 5.11 Å². The van der Waals surface area contributed by atoms with Crippen molar-refractivity contribution in [3.05, 3.63) is 64.2 Å². The van der Waals surface area contributed by atoms with Crippen molar-refractivity contribution < 1.29 is 5.11 Å². The summed E-state index contributed by atoms with van der Waals surface area (Å²) in [6, 6.07) is 11.1. The average molecular weight is 284 g/mol. The zero-order valence-electron chi connectivity index (χ0n) is 14.0. The lowest BCUT2D eigenvalue weighted by Gasteiger charge is -2.13. The number of hydrogen-bond acceptors (Lipinski definition) is 1. The molecule has 0 atom stereocenters. The highest BCUT2D eigenvalue weighted by molar-refractivity contribution is 5.43. The number of aryl methyl sites for hydroxylation is 2. The van der Waals surface area contributed by atoms with Gasteiger partial charge in [0.25, 0.3) is 0 Å². The van der Waals surface area contributed by atoms with Crippen molar-refractivity contribution in [3.63, 3.8) is 0 Å². The van der Waals surface area contributed by atoms with E-state index < -0.39 is 0 Å². The average Bonchev–Trinajstić information content (AvgIpc) is 2.49. The Morgan fingerprint density at radius 1 is 0.857 bits per heavy atom. The molecule has 2 rings (SSSR count). The quantitative estimate of drug-likeness (QED) is 0.771. The second kappa shape index (κ2) is 8.51. The Labute approximate surface area is 129 Å². The first-order valence-corrected chi connectivity index (χ1v) is 7.77. The Balaban J connectivity index is 0.000000262. The summed E-state index contributed by atoms with van der Waals surface area (Å²) in [4.78, 5) is 0. The van der Waals surface area contributed by atoms with Crippen molar-refractivity contribution in [2.75, 3.05) is 0 Å². The van der Waals surface area contributed by atoms with Crippen molar-refractivity contribution in [1.29, 1.82) is 0 Å². The first-order chi connectivity index (χ1) is 9.97. The zero-order chi connectivity index (χ0) is 15.8. The van der Waals surface area contributed by atoms with Gasteiger partial charge in [0, 0.05) is 0 Å². The lowest BCUT2D eigenvalue weighted by Crippen LogP contribution is -1.97. The van der Waals surface area contributed by atoms with Crippen LogP contribution in [0.2, 0.25) is 0 Å². The molecule has 1 N–H and O–H groups in total. The van der Waals surface area contributed by atoms with Crippen LogP contribution in [0.5, 0.6) is 5.75 Å². The third kappa shape index (κ3) is 5.26. The van der Waals surface area contributed by atoms with E-state index in [0.717, 1.165) is 0 Å². The Hall–Kier alpha value is -1.76. The van der Waals surface area contributed by atoms with Gasteiger partial charge in [0.05, 0.1) is 0 Å². The van der Waals surface area contributed by atoms with E-state index in [1.54, 1.807) is 29.8 Å². The maximum Gasteiger partial charge on any atom is 0.115 e. The summed E-state index contributed by atoms with van der Waals surface area (Å²) in [6.07, 6.45) is 3.83. The monoisotopic (exact) mass is 284 g/mol. The molecule has 21 heavy (non-hydrogen) atoms. The van der Waals surface area contributed by atoms with E-state index in [0.29, 0.717) is 5.75 Å². The SMILES string of the molecule is CCCCc1cc(C)c(C)c(C)c1C.Oc1ccccc1. The molecule has 0 radical (unpaired) electrons. The summed E-state index contributed by atoms with van der Waals surface area (Å²) >= 11 is 0. The van der Waals surface area contributed by atoms with Gasteiger partial charge in [-0.15, -0.1) is 0 Å². The second-order valence-corrected chi connectivity index (χ2v) is 5.67. The minimum atomic E-state index is 0.322. The maximum atomic E-state index is 8.63. The molecule has 0 aliphatic rings. The zero-order valence-corrected chi connectivity index (χ0v) is 14.0. The van der Waals surface area contributed by atoms with Crippen molar-refractivity contribution >= 4 is 0 Å². The third-order valence-corrected chi connectivity index (χ3v) is 4.14. The molecular weight excluding hydrogens is 256 g/mol.